The van der Waals surface area contributed by atoms with Crippen molar-refractivity contribution >= 4 is 49.5 Å². The number of hydrogen-bond donors (Lipinski definition) is 2. The van der Waals surface area contributed by atoms with Gasteiger partial charge in [-0.3, -0.25) is 0 Å². The summed E-state index contributed by atoms with van der Waals surface area (Å²) >= 11 is 6.55. The van der Waals surface area contributed by atoms with E-state index in [2.05, 4.69) is 44.1 Å². The summed E-state index contributed by atoms with van der Waals surface area (Å²) in [5, 5.41) is 12.0. The molecule has 7 heteroatoms. The molecular formula is C14H16Br2N2O3. The van der Waals surface area contributed by atoms with Gasteiger partial charge in [0.15, 0.2) is 0 Å². The van der Waals surface area contributed by atoms with Crippen LogP contribution >= 0.6 is 31.9 Å². The van der Waals surface area contributed by atoms with Gasteiger partial charge in [0.25, 0.3) is 0 Å². The van der Waals surface area contributed by atoms with Crippen LogP contribution < -0.4 is 5.32 Å². The third-order valence-electron chi connectivity index (χ3n) is 3.67. The Hall–Kier alpha value is -1.08. The molecule has 5 nitrogen and oxygen atoms in total. The Morgan fingerprint density at radius 3 is 2.71 bits per heavy atom. The van der Waals surface area contributed by atoms with E-state index in [-0.39, 0.29) is 17.3 Å². The lowest BCUT2D eigenvalue weighted by Crippen LogP contribution is -2.33. The van der Waals surface area contributed by atoms with Gasteiger partial charge in [0.05, 0.1) is 11.3 Å². The fraction of sp³-hybridized carbons (Fsp3) is 0.429. The minimum absolute atomic E-state index is 0.0517. The first kappa shape index (κ1) is 16.3. The van der Waals surface area contributed by atoms with Gasteiger partial charge < -0.3 is 15.3 Å². The Labute approximate surface area is 140 Å². The Kier molecular flexibility index (Phi) is 5.27. The Balaban J connectivity index is 2.19. The van der Waals surface area contributed by atoms with Gasteiger partial charge in [-0.15, -0.1) is 0 Å². The van der Waals surface area contributed by atoms with Crippen molar-refractivity contribution in [3.05, 3.63) is 26.6 Å². The fourth-order valence-electron chi connectivity index (χ4n) is 2.41. The van der Waals surface area contributed by atoms with Crippen molar-refractivity contribution in [3.63, 3.8) is 0 Å². The standard InChI is InChI=1S/C14H16Br2N2O3/c1-2-8-3-4-18(7-8)14(21)17-12-10(13(19)20)5-9(15)6-11(12)16/h5-6,8H,2-4,7H2,1H3,(H,17,21)(H,19,20). The van der Waals surface area contributed by atoms with Crippen LogP contribution in [-0.2, 0) is 0 Å². The van der Waals surface area contributed by atoms with Crippen molar-refractivity contribution in [2.45, 2.75) is 19.8 Å². The van der Waals surface area contributed by atoms with Crippen molar-refractivity contribution < 1.29 is 14.7 Å². The summed E-state index contributed by atoms with van der Waals surface area (Å²) in [7, 11) is 0. The molecule has 1 aliphatic heterocycles. The highest BCUT2D eigenvalue weighted by atomic mass is 79.9. The summed E-state index contributed by atoms with van der Waals surface area (Å²) in [4.78, 5) is 25.3. The second-order valence-electron chi connectivity index (χ2n) is 5.05. The molecule has 0 saturated carbocycles. The molecule has 1 aliphatic rings. The minimum Gasteiger partial charge on any atom is -0.478 e. The first-order valence-electron chi connectivity index (χ1n) is 6.70. The molecular weight excluding hydrogens is 404 g/mol. The lowest BCUT2D eigenvalue weighted by Gasteiger charge is -2.19. The van der Waals surface area contributed by atoms with Crippen molar-refractivity contribution in [2.75, 3.05) is 18.4 Å². The number of halogens is 2. The third-order valence-corrected chi connectivity index (χ3v) is 4.75. The highest BCUT2D eigenvalue weighted by Crippen LogP contribution is 2.31. The van der Waals surface area contributed by atoms with Gasteiger partial charge >= 0.3 is 12.0 Å². The topological polar surface area (TPSA) is 69.6 Å². The average molecular weight is 420 g/mol. The number of amides is 2. The van der Waals surface area contributed by atoms with Crippen LogP contribution in [0.15, 0.2) is 21.1 Å². The van der Waals surface area contributed by atoms with Crippen LogP contribution in [0, 0.1) is 5.92 Å². The van der Waals surface area contributed by atoms with Crippen LogP contribution in [-0.4, -0.2) is 35.1 Å². The molecule has 1 aromatic carbocycles. The van der Waals surface area contributed by atoms with Crippen LogP contribution in [0.3, 0.4) is 0 Å². The largest absolute Gasteiger partial charge is 0.478 e. The van der Waals surface area contributed by atoms with Crippen LogP contribution in [0.5, 0.6) is 0 Å². The molecule has 21 heavy (non-hydrogen) atoms. The Bertz CT molecular complexity index is 578. The molecule has 1 saturated heterocycles. The molecule has 2 rings (SSSR count). The van der Waals surface area contributed by atoms with E-state index >= 15 is 0 Å². The number of nitrogens with one attached hydrogen (secondary N) is 1. The SMILES string of the molecule is CCC1CCN(C(=O)Nc2c(Br)cc(Br)cc2C(=O)O)C1. The fourth-order valence-corrected chi connectivity index (χ4v) is 3.73. The zero-order valence-corrected chi connectivity index (χ0v) is 14.7. The summed E-state index contributed by atoms with van der Waals surface area (Å²) in [6.45, 7) is 3.54. The quantitative estimate of drug-likeness (QED) is 0.772. The highest BCUT2D eigenvalue weighted by molar-refractivity contribution is 9.11. The number of benzene rings is 1. The molecule has 0 aliphatic carbocycles. The zero-order chi connectivity index (χ0) is 15.6. The first-order valence-corrected chi connectivity index (χ1v) is 8.29. The number of carbonyl (C=O) groups is 2. The van der Waals surface area contributed by atoms with Crippen molar-refractivity contribution in [1.82, 2.24) is 4.90 Å². The van der Waals surface area contributed by atoms with E-state index in [0.717, 1.165) is 19.4 Å². The summed E-state index contributed by atoms with van der Waals surface area (Å²) < 4.78 is 1.17. The van der Waals surface area contributed by atoms with Gasteiger partial charge in [-0.05, 0) is 40.4 Å². The van der Waals surface area contributed by atoms with Crippen molar-refractivity contribution in [3.8, 4) is 0 Å². The van der Waals surface area contributed by atoms with Gasteiger partial charge in [-0.2, -0.15) is 0 Å². The molecule has 0 radical (unpaired) electrons. The highest BCUT2D eigenvalue weighted by Gasteiger charge is 2.26. The summed E-state index contributed by atoms with van der Waals surface area (Å²) in [6, 6.07) is 2.93. The van der Waals surface area contributed by atoms with E-state index in [1.54, 1.807) is 11.0 Å². The maximum absolute atomic E-state index is 12.3. The van der Waals surface area contributed by atoms with E-state index in [4.69, 9.17) is 0 Å². The third kappa shape index (κ3) is 3.77. The molecule has 0 spiro atoms. The number of rotatable bonds is 3. The van der Waals surface area contributed by atoms with Gasteiger partial charge in [-0.25, -0.2) is 9.59 Å². The van der Waals surface area contributed by atoms with E-state index < -0.39 is 5.97 Å². The maximum Gasteiger partial charge on any atom is 0.337 e. The number of nitrogens with zero attached hydrogens (tertiary/aromatic N) is 1. The predicted molar refractivity (Wildman–Crippen MR) is 87.8 cm³/mol. The number of carboxylic acids is 1. The smallest absolute Gasteiger partial charge is 0.337 e. The molecule has 1 heterocycles. The maximum atomic E-state index is 12.3. The lowest BCUT2D eigenvalue weighted by atomic mass is 10.1. The molecule has 1 atom stereocenters. The van der Waals surface area contributed by atoms with Crippen LogP contribution in [0.4, 0.5) is 10.5 Å². The first-order chi connectivity index (χ1) is 9.92. The van der Waals surface area contributed by atoms with E-state index in [0.29, 0.717) is 21.4 Å². The predicted octanol–water partition coefficient (Wildman–Crippen LogP) is 4.17. The number of aromatic carboxylic acids is 1. The van der Waals surface area contributed by atoms with Crippen molar-refractivity contribution in [2.24, 2.45) is 5.92 Å². The number of urea groups is 1. The van der Waals surface area contributed by atoms with Gasteiger partial charge in [0.2, 0.25) is 0 Å². The zero-order valence-electron chi connectivity index (χ0n) is 11.5. The lowest BCUT2D eigenvalue weighted by molar-refractivity contribution is 0.0698. The second-order valence-corrected chi connectivity index (χ2v) is 6.82. The molecule has 0 bridgehead atoms. The number of carbonyl (C=O) groups excluding carboxylic acids is 1. The van der Waals surface area contributed by atoms with E-state index in [1.807, 2.05) is 0 Å². The normalized spacial score (nSPS) is 17.9. The molecule has 1 unspecified atom stereocenters. The van der Waals surface area contributed by atoms with Gasteiger partial charge in [0.1, 0.15) is 0 Å². The minimum atomic E-state index is -1.08. The molecule has 1 fully saturated rings. The molecule has 114 valence electrons. The summed E-state index contributed by atoms with van der Waals surface area (Å²) in [5.74, 6) is -0.553. The van der Waals surface area contributed by atoms with Crippen molar-refractivity contribution in [1.29, 1.82) is 0 Å². The van der Waals surface area contributed by atoms with Gasteiger partial charge in [-0.1, -0.05) is 29.3 Å². The second kappa shape index (κ2) is 6.79. The van der Waals surface area contributed by atoms with E-state index in [9.17, 15) is 14.7 Å². The molecule has 1 aromatic rings. The van der Waals surface area contributed by atoms with E-state index in [1.165, 1.54) is 6.07 Å². The van der Waals surface area contributed by atoms with Crippen LogP contribution in [0.1, 0.15) is 30.1 Å². The number of hydrogen-bond acceptors (Lipinski definition) is 2. The number of likely N-dealkylation sites (tertiary alicyclic amines) is 1. The molecule has 2 amide bonds. The Morgan fingerprint density at radius 2 is 2.14 bits per heavy atom. The van der Waals surface area contributed by atoms with Crippen LogP contribution in [0.2, 0.25) is 0 Å². The monoisotopic (exact) mass is 418 g/mol. The van der Waals surface area contributed by atoms with Crippen LogP contribution in [0.25, 0.3) is 0 Å². The average Bonchev–Trinajstić information content (AvgIpc) is 2.90. The van der Waals surface area contributed by atoms with Gasteiger partial charge in [0, 0.05) is 22.0 Å². The number of anilines is 1. The Morgan fingerprint density at radius 1 is 1.43 bits per heavy atom. The number of carboxylic acid groups (broad SMARTS) is 1. The summed E-state index contributed by atoms with van der Waals surface area (Å²) in [6.07, 6.45) is 2.04. The summed E-state index contributed by atoms with van der Waals surface area (Å²) in [5.41, 5.74) is 0.339. The molecule has 0 aromatic heterocycles. The molecule has 2 N–H and O–H groups in total.